The highest BCUT2D eigenvalue weighted by molar-refractivity contribution is 5.84. The molecule has 0 aliphatic rings. The summed E-state index contributed by atoms with van der Waals surface area (Å²) in [6.45, 7) is 0. The zero-order valence-electron chi connectivity index (χ0n) is 16.0. The molecule has 8 nitrogen and oxygen atoms in total. The quantitative estimate of drug-likeness (QED) is 0.221. The molecule has 3 aromatic carbocycles. The summed E-state index contributed by atoms with van der Waals surface area (Å²) in [4.78, 5) is 23.2. The van der Waals surface area contributed by atoms with Crippen molar-refractivity contribution >= 4 is 11.7 Å². The molecule has 0 aliphatic carbocycles. The number of ether oxygens (including phenoxy) is 1. The van der Waals surface area contributed by atoms with E-state index in [1.165, 1.54) is 19.2 Å². The molecule has 0 saturated heterocycles. The van der Waals surface area contributed by atoms with Gasteiger partial charge >= 0.3 is 11.8 Å². The van der Waals surface area contributed by atoms with E-state index >= 15 is 0 Å². The fourth-order valence-electron chi connectivity index (χ4n) is 3.16. The second-order valence-electron chi connectivity index (χ2n) is 6.36. The van der Waals surface area contributed by atoms with Crippen LogP contribution in [0.25, 0.3) is 22.8 Å². The van der Waals surface area contributed by atoms with Crippen molar-refractivity contribution in [2.75, 3.05) is 7.11 Å². The van der Waals surface area contributed by atoms with E-state index < -0.39 is 10.9 Å². The van der Waals surface area contributed by atoms with Gasteiger partial charge < -0.3 is 4.74 Å². The number of nitro benzene ring substituents is 1. The van der Waals surface area contributed by atoms with Crippen molar-refractivity contribution in [1.82, 2.24) is 9.78 Å². The maximum atomic E-state index is 12.6. The van der Waals surface area contributed by atoms with E-state index in [4.69, 9.17) is 4.74 Å². The number of hydrogen-bond acceptors (Lipinski definition) is 5. The van der Waals surface area contributed by atoms with Gasteiger partial charge in [-0.05, 0) is 36.4 Å². The number of methoxy groups -OCH3 is 1. The average molecular weight is 401 g/mol. The van der Waals surface area contributed by atoms with Gasteiger partial charge in [-0.3, -0.25) is 10.1 Å². The number of esters is 1. The molecule has 0 radical (unpaired) electrons. The molecule has 1 heterocycles. The Hall–Kier alpha value is -4.33. The van der Waals surface area contributed by atoms with Gasteiger partial charge in [-0.25, -0.2) is 4.79 Å². The summed E-state index contributed by atoms with van der Waals surface area (Å²) in [6, 6.07) is 24.8. The van der Waals surface area contributed by atoms with Crippen molar-refractivity contribution in [3.8, 4) is 22.8 Å². The van der Waals surface area contributed by atoms with E-state index in [-0.39, 0.29) is 11.5 Å². The maximum Gasteiger partial charge on any atom is 0.412 e. The summed E-state index contributed by atoms with van der Waals surface area (Å²) < 4.78 is 8.25. The number of hydrogen-bond donors (Lipinski definition) is 0. The largest absolute Gasteiger partial charge is 0.461 e. The average Bonchev–Trinajstić information content (AvgIpc) is 3.20. The minimum atomic E-state index is -0.625. The third-order valence-corrected chi connectivity index (χ3v) is 4.54. The number of non-ortho nitro benzene ring substituents is 1. The van der Waals surface area contributed by atoms with E-state index in [2.05, 4.69) is 5.10 Å². The lowest BCUT2D eigenvalue weighted by Crippen LogP contribution is -2.38. The van der Waals surface area contributed by atoms with E-state index in [0.29, 0.717) is 11.5 Å². The van der Waals surface area contributed by atoms with E-state index in [1.54, 1.807) is 21.4 Å². The van der Waals surface area contributed by atoms with E-state index in [0.717, 1.165) is 11.3 Å². The predicted molar refractivity (Wildman–Crippen MR) is 109 cm³/mol. The van der Waals surface area contributed by atoms with Gasteiger partial charge in [-0.2, -0.15) is 4.57 Å². The summed E-state index contributed by atoms with van der Waals surface area (Å²) in [5.41, 5.74) is 2.06. The van der Waals surface area contributed by atoms with Gasteiger partial charge in [0.2, 0.25) is 0 Å². The SMILES string of the molecule is COC(=O)c1nn(-c2ccccc2)c(-c2ccccc2)[n+]1-c1ccc([N+](=O)[O-])cc1. The number of rotatable bonds is 5. The summed E-state index contributed by atoms with van der Waals surface area (Å²) in [5, 5.41) is 15.6. The lowest BCUT2D eigenvalue weighted by atomic mass is 10.2. The van der Waals surface area contributed by atoms with Gasteiger partial charge in [0.25, 0.3) is 11.5 Å². The smallest absolute Gasteiger partial charge is 0.412 e. The molecule has 0 aliphatic heterocycles. The number of aromatic nitrogens is 3. The molecular formula is C22H17N4O4+. The highest BCUT2D eigenvalue weighted by Gasteiger charge is 2.34. The van der Waals surface area contributed by atoms with Crippen LogP contribution < -0.4 is 4.57 Å². The van der Waals surface area contributed by atoms with Crippen molar-refractivity contribution in [2.45, 2.75) is 0 Å². The fraction of sp³-hybridized carbons (Fsp3) is 0.0455. The lowest BCUT2D eigenvalue weighted by molar-refractivity contribution is -0.587. The topological polar surface area (TPSA) is 91.1 Å². The van der Waals surface area contributed by atoms with Gasteiger partial charge in [0.05, 0.1) is 22.7 Å². The Morgan fingerprint density at radius 1 is 0.967 bits per heavy atom. The van der Waals surface area contributed by atoms with Crippen molar-refractivity contribution in [3.63, 3.8) is 0 Å². The molecule has 4 aromatic rings. The summed E-state index contributed by atoms with van der Waals surface area (Å²) in [6.07, 6.45) is 0. The third-order valence-electron chi connectivity index (χ3n) is 4.54. The predicted octanol–water partition coefficient (Wildman–Crippen LogP) is 3.51. The monoisotopic (exact) mass is 401 g/mol. The molecule has 0 N–H and O–H groups in total. The van der Waals surface area contributed by atoms with Crippen LogP contribution in [0.2, 0.25) is 0 Å². The molecule has 0 fully saturated rings. The van der Waals surface area contributed by atoms with Crippen LogP contribution in [0.3, 0.4) is 0 Å². The van der Waals surface area contributed by atoms with Crippen molar-refractivity contribution < 1.29 is 19.0 Å². The van der Waals surface area contributed by atoms with Crippen LogP contribution in [-0.4, -0.2) is 27.8 Å². The first-order valence-electron chi connectivity index (χ1n) is 9.09. The molecule has 0 amide bonds. The molecule has 0 bridgehead atoms. The first kappa shape index (κ1) is 19.0. The maximum absolute atomic E-state index is 12.6. The van der Waals surface area contributed by atoms with Crippen LogP contribution in [0.1, 0.15) is 10.6 Å². The van der Waals surface area contributed by atoms with Crippen molar-refractivity contribution in [2.24, 2.45) is 0 Å². The summed E-state index contributed by atoms with van der Waals surface area (Å²) in [7, 11) is 1.28. The number of para-hydroxylation sites is 1. The fourth-order valence-corrected chi connectivity index (χ4v) is 3.16. The summed E-state index contributed by atoms with van der Waals surface area (Å²) >= 11 is 0. The van der Waals surface area contributed by atoms with E-state index in [9.17, 15) is 14.9 Å². The lowest BCUT2D eigenvalue weighted by Gasteiger charge is -2.05. The number of nitro groups is 1. The second kappa shape index (κ2) is 7.96. The molecular weight excluding hydrogens is 384 g/mol. The molecule has 1 aromatic heterocycles. The Balaban J connectivity index is 2.05. The molecule has 4 rings (SSSR count). The van der Waals surface area contributed by atoms with Crippen LogP contribution in [0.15, 0.2) is 84.9 Å². The van der Waals surface area contributed by atoms with Crippen LogP contribution >= 0.6 is 0 Å². The molecule has 30 heavy (non-hydrogen) atoms. The highest BCUT2D eigenvalue weighted by atomic mass is 16.6. The molecule has 8 heteroatoms. The minimum Gasteiger partial charge on any atom is -0.461 e. The molecule has 148 valence electrons. The number of benzene rings is 3. The molecule has 0 spiro atoms. The third kappa shape index (κ3) is 3.42. The molecule has 0 unspecified atom stereocenters. The van der Waals surface area contributed by atoms with Gasteiger partial charge in [0.15, 0.2) is 0 Å². The van der Waals surface area contributed by atoms with Crippen LogP contribution in [0.4, 0.5) is 5.69 Å². The number of carbonyl (C=O) groups is 1. The Morgan fingerprint density at radius 2 is 1.57 bits per heavy atom. The van der Waals surface area contributed by atoms with E-state index in [1.807, 2.05) is 60.7 Å². The zero-order valence-corrected chi connectivity index (χ0v) is 16.0. The standard InChI is InChI=1S/C22H17N4O4/c1-30-22(27)20-23-25(18-10-6-3-7-11-18)21(16-8-4-2-5-9-16)24(20)17-12-14-19(15-13-17)26(28)29/h2-15H,1H3/q+1. The molecule has 0 saturated carbocycles. The van der Waals surface area contributed by atoms with Crippen molar-refractivity contribution in [3.05, 3.63) is 101 Å². The first-order valence-corrected chi connectivity index (χ1v) is 9.09. The number of nitrogens with zero attached hydrogens (tertiary/aromatic N) is 4. The first-order chi connectivity index (χ1) is 14.6. The highest BCUT2D eigenvalue weighted by Crippen LogP contribution is 2.23. The van der Waals surface area contributed by atoms with Crippen LogP contribution in [0, 0.1) is 10.1 Å². The van der Waals surface area contributed by atoms with Gasteiger partial charge in [-0.1, -0.05) is 41.1 Å². The molecule has 0 atom stereocenters. The van der Waals surface area contributed by atoms with Crippen LogP contribution in [-0.2, 0) is 4.74 Å². The summed E-state index contributed by atoms with van der Waals surface area (Å²) in [5.74, 6) is 0.0327. The minimum absolute atomic E-state index is 0.0457. The second-order valence-corrected chi connectivity index (χ2v) is 6.36. The Kier molecular flexibility index (Phi) is 5.04. The Labute approximate surface area is 171 Å². The zero-order chi connectivity index (χ0) is 21.1. The number of carbonyl (C=O) groups excluding carboxylic acids is 1. The van der Waals surface area contributed by atoms with Crippen LogP contribution in [0.5, 0.6) is 0 Å². The normalized spacial score (nSPS) is 10.6. The Bertz CT molecular complexity index is 1200. The van der Waals surface area contributed by atoms with Gasteiger partial charge in [-0.15, -0.1) is 0 Å². The van der Waals surface area contributed by atoms with Gasteiger partial charge in [0.1, 0.15) is 11.4 Å². The van der Waals surface area contributed by atoms with Gasteiger partial charge in [0, 0.05) is 12.1 Å². The van der Waals surface area contributed by atoms with Crippen molar-refractivity contribution in [1.29, 1.82) is 0 Å². The Morgan fingerprint density at radius 3 is 2.13 bits per heavy atom.